The van der Waals surface area contributed by atoms with Crippen molar-refractivity contribution in [2.45, 2.75) is 25.9 Å². The molecular formula is C8H16N2O2. The molecule has 0 radical (unpaired) electrons. The van der Waals surface area contributed by atoms with Crippen LogP contribution in [0, 0.1) is 0 Å². The van der Waals surface area contributed by atoms with E-state index >= 15 is 0 Å². The molecule has 0 aromatic rings. The van der Waals surface area contributed by atoms with Gasteiger partial charge in [-0.3, -0.25) is 9.69 Å². The minimum Gasteiger partial charge on any atom is -0.376 e. The summed E-state index contributed by atoms with van der Waals surface area (Å²) in [4.78, 5) is 15.0. The number of aliphatic hydroxyl groups excluding tert-OH is 1. The van der Waals surface area contributed by atoms with Crippen molar-refractivity contribution < 1.29 is 9.90 Å². The zero-order valence-electron chi connectivity index (χ0n) is 7.82. The molecule has 1 saturated heterocycles. The van der Waals surface area contributed by atoms with Crippen LogP contribution in [0.2, 0.25) is 0 Å². The van der Waals surface area contributed by atoms with Gasteiger partial charge in [0.05, 0.1) is 6.04 Å². The summed E-state index contributed by atoms with van der Waals surface area (Å²) in [7, 11) is 1.92. The standard InChI is InChI=1S/C8H16N2O2/c1-6-4-9(3)7(2)8(12)10(6)5-11/h6-7,11H,4-5H2,1-3H3. The number of likely N-dealkylation sites (N-methyl/N-ethyl adjacent to an activating group) is 1. The van der Waals surface area contributed by atoms with Crippen LogP contribution in [0.15, 0.2) is 0 Å². The largest absolute Gasteiger partial charge is 0.376 e. The number of carbonyl (C=O) groups is 1. The van der Waals surface area contributed by atoms with E-state index in [2.05, 4.69) is 0 Å². The first-order valence-corrected chi connectivity index (χ1v) is 4.19. The maximum absolute atomic E-state index is 11.5. The molecule has 2 atom stereocenters. The molecule has 1 heterocycles. The molecule has 1 amide bonds. The molecule has 70 valence electrons. The van der Waals surface area contributed by atoms with E-state index in [4.69, 9.17) is 5.11 Å². The topological polar surface area (TPSA) is 43.8 Å². The molecule has 4 nitrogen and oxygen atoms in total. The number of aliphatic hydroxyl groups is 1. The van der Waals surface area contributed by atoms with Crippen molar-refractivity contribution in [1.82, 2.24) is 9.80 Å². The second-order valence-corrected chi connectivity index (χ2v) is 3.41. The van der Waals surface area contributed by atoms with Gasteiger partial charge in [-0.25, -0.2) is 0 Å². The maximum atomic E-state index is 11.5. The summed E-state index contributed by atoms with van der Waals surface area (Å²) in [6.07, 6.45) is 0. The number of piperazine rings is 1. The average molecular weight is 172 g/mol. The van der Waals surface area contributed by atoms with Gasteiger partial charge in [0.25, 0.3) is 0 Å². The maximum Gasteiger partial charge on any atom is 0.241 e. The Kier molecular flexibility index (Phi) is 2.69. The van der Waals surface area contributed by atoms with Gasteiger partial charge in [0.2, 0.25) is 5.91 Å². The highest BCUT2D eigenvalue weighted by atomic mass is 16.3. The molecule has 0 aliphatic carbocycles. The van der Waals surface area contributed by atoms with Crippen LogP contribution in [0.5, 0.6) is 0 Å². The number of nitrogens with zero attached hydrogens (tertiary/aromatic N) is 2. The Morgan fingerprint density at radius 1 is 1.58 bits per heavy atom. The van der Waals surface area contributed by atoms with E-state index in [-0.39, 0.29) is 24.7 Å². The predicted octanol–water partition coefficient (Wildman–Crippen LogP) is -0.513. The molecule has 1 rings (SSSR count). The summed E-state index contributed by atoms with van der Waals surface area (Å²) >= 11 is 0. The second-order valence-electron chi connectivity index (χ2n) is 3.41. The van der Waals surface area contributed by atoms with Crippen LogP contribution in [-0.2, 0) is 4.79 Å². The monoisotopic (exact) mass is 172 g/mol. The van der Waals surface area contributed by atoms with Crippen molar-refractivity contribution in [1.29, 1.82) is 0 Å². The quantitative estimate of drug-likeness (QED) is 0.579. The van der Waals surface area contributed by atoms with Gasteiger partial charge in [-0.15, -0.1) is 0 Å². The van der Waals surface area contributed by atoms with Crippen molar-refractivity contribution in [3.8, 4) is 0 Å². The lowest BCUT2D eigenvalue weighted by Crippen LogP contribution is -2.58. The summed E-state index contributed by atoms with van der Waals surface area (Å²) in [5.41, 5.74) is 0. The third-order valence-electron chi connectivity index (χ3n) is 2.54. The molecule has 4 heteroatoms. The molecule has 1 N–H and O–H groups in total. The van der Waals surface area contributed by atoms with Gasteiger partial charge in [0.1, 0.15) is 6.73 Å². The fourth-order valence-electron chi connectivity index (χ4n) is 1.53. The van der Waals surface area contributed by atoms with Crippen LogP contribution >= 0.6 is 0 Å². The fourth-order valence-corrected chi connectivity index (χ4v) is 1.53. The smallest absolute Gasteiger partial charge is 0.241 e. The van der Waals surface area contributed by atoms with Gasteiger partial charge < -0.3 is 10.0 Å². The second kappa shape index (κ2) is 3.41. The molecular weight excluding hydrogens is 156 g/mol. The Morgan fingerprint density at radius 2 is 2.17 bits per heavy atom. The molecule has 0 saturated carbocycles. The van der Waals surface area contributed by atoms with Crippen molar-refractivity contribution >= 4 is 5.91 Å². The number of rotatable bonds is 1. The highest BCUT2D eigenvalue weighted by molar-refractivity contribution is 5.82. The van der Waals surface area contributed by atoms with Crippen LogP contribution in [0.3, 0.4) is 0 Å². The zero-order valence-corrected chi connectivity index (χ0v) is 7.82. The van der Waals surface area contributed by atoms with Gasteiger partial charge in [-0.05, 0) is 20.9 Å². The third-order valence-corrected chi connectivity index (χ3v) is 2.54. The molecule has 1 fully saturated rings. The minimum atomic E-state index is -0.168. The Bertz CT molecular complexity index is 184. The molecule has 0 spiro atoms. The Morgan fingerprint density at radius 3 is 2.67 bits per heavy atom. The first-order valence-electron chi connectivity index (χ1n) is 4.19. The zero-order chi connectivity index (χ0) is 9.30. The third kappa shape index (κ3) is 1.44. The Hall–Kier alpha value is -0.610. The van der Waals surface area contributed by atoms with E-state index in [1.165, 1.54) is 4.90 Å². The number of amides is 1. The molecule has 0 aromatic carbocycles. The fraction of sp³-hybridized carbons (Fsp3) is 0.875. The van der Waals surface area contributed by atoms with E-state index in [9.17, 15) is 4.79 Å². The van der Waals surface area contributed by atoms with Crippen LogP contribution in [0.1, 0.15) is 13.8 Å². The molecule has 1 aliphatic rings. The summed E-state index contributed by atoms with van der Waals surface area (Å²) in [5, 5.41) is 8.92. The van der Waals surface area contributed by atoms with E-state index in [0.29, 0.717) is 0 Å². The average Bonchev–Trinajstić information content (AvgIpc) is 2.01. The van der Waals surface area contributed by atoms with Gasteiger partial charge in [0, 0.05) is 12.6 Å². The van der Waals surface area contributed by atoms with Gasteiger partial charge in [-0.1, -0.05) is 0 Å². The number of carbonyl (C=O) groups excluding carboxylic acids is 1. The first-order chi connectivity index (χ1) is 5.57. The number of hydrogen-bond donors (Lipinski definition) is 1. The number of hydrogen-bond acceptors (Lipinski definition) is 3. The summed E-state index contributed by atoms with van der Waals surface area (Å²) in [6.45, 7) is 4.46. The van der Waals surface area contributed by atoms with E-state index in [1.54, 1.807) is 0 Å². The Balaban J connectivity index is 2.72. The minimum absolute atomic E-state index is 0.0127. The normalized spacial score (nSPS) is 32.7. The summed E-state index contributed by atoms with van der Waals surface area (Å²) in [5.74, 6) is 0.0127. The van der Waals surface area contributed by atoms with Gasteiger partial charge in [0.15, 0.2) is 0 Å². The van der Waals surface area contributed by atoms with E-state index in [0.717, 1.165) is 6.54 Å². The van der Waals surface area contributed by atoms with Crippen molar-refractivity contribution in [2.75, 3.05) is 20.3 Å². The van der Waals surface area contributed by atoms with Gasteiger partial charge >= 0.3 is 0 Å². The lowest BCUT2D eigenvalue weighted by Gasteiger charge is -2.40. The van der Waals surface area contributed by atoms with Gasteiger partial charge in [-0.2, -0.15) is 0 Å². The van der Waals surface area contributed by atoms with E-state index < -0.39 is 0 Å². The highest BCUT2D eigenvalue weighted by Crippen LogP contribution is 2.13. The molecule has 0 aromatic heterocycles. The lowest BCUT2D eigenvalue weighted by atomic mass is 10.1. The van der Waals surface area contributed by atoms with Crippen LogP contribution in [0.4, 0.5) is 0 Å². The summed E-state index contributed by atoms with van der Waals surface area (Å²) < 4.78 is 0. The van der Waals surface area contributed by atoms with Crippen molar-refractivity contribution in [3.63, 3.8) is 0 Å². The summed E-state index contributed by atoms with van der Waals surface area (Å²) in [6, 6.07) is 0.0112. The predicted molar refractivity (Wildman–Crippen MR) is 45.5 cm³/mol. The van der Waals surface area contributed by atoms with Crippen molar-refractivity contribution in [2.24, 2.45) is 0 Å². The highest BCUT2D eigenvalue weighted by Gasteiger charge is 2.32. The first kappa shape index (κ1) is 9.48. The molecule has 2 unspecified atom stereocenters. The van der Waals surface area contributed by atoms with Crippen LogP contribution < -0.4 is 0 Å². The van der Waals surface area contributed by atoms with E-state index in [1.807, 2.05) is 25.8 Å². The SMILES string of the molecule is CC1C(=O)N(CO)C(C)CN1C. The molecule has 12 heavy (non-hydrogen) atoms. The lowest BCUT2D eigenvalue weighted by molar-refractivity contribution is -0.148. The van der Waals surface area contributed by atoms with Crippen molar-refractivity contribution in [3.05, 3.63) is 0 Å². The molecule has 0 bridgehead atoms. The van der Waals surface area contributed by atoms with Crippen LogP contribution in [-0.4, -0.2) is 53.2 Å². The van der Waals surface area contributed by atoms with Crippen LogP contribution in [0.25, 0.3) is 0 Å². The molecule has 1 aliphatic heterocycles. The Labute approximate surface area is 72.8 Å².